The summed E-state index contributed by atoms with van der Waals surface area (Å²) in [5.41, 5.74) is 4.24. The van der Waals surface area contributed by atoms with Gasteiger partial charge in [0.05, 0.1) is 17.7 Å². The zero-order valence-electron chi connectivity index (χ0n) is 21.7. The molecule has 3 N–H and O–H groups in total. The maximum Gasteiger partial charge on any atom is 0.252 e. The van der Waals surface area contributed by atoms with Crippen molar-refractivity contribution in [1.29, 1.82) is 0 Å². The number of rotatable bonds is 9. The minimum Gasteiger partial charge on any atom is -0.508 e. The molecule has 2 amide bonds. The molecule has 1 aliphatic heterocycles. The zero-order valence-corrected chi connectivity index (χ0v) is 22.5. The minimum atomic E-state index is -0.851. The maximum atomic E-state index is 13.4. The first kappa shape index (κ1) is 27.4. The molecule has 0 radical (unpaired) electrons. The van der Waals surface area contributed by atoms with E-state index in [-0.39, 0.29) is 35.2 Å². The molecule has 40 heavy (non-hydrogen) atoms. The number of hydrogen-bond donors (Lipinski definition) is 3. The number of halogens is 1. The number of aliphatic hydroxyl groups is 1. The maximum absolute atomic E-state index is 13.4. The molecule has 0 unspecified atom stereocenters. The largest absolute Gasteiger partial charge is 0.508 e. The highest BCUT2D eigenvalue weighted by molar-refractivity contribution is 8.00. The second-order valence-electron chi connectivity index (χ2n) is 9.43. The Bertz CT molecular complexity index is 1500. The van der Waals surface area contributed by atoms with Gasteiger partial charge in [0, 0.05) is 35.9 Å². The molecule has 5 rings (SSSR count). The van der Waals surface area contributed by atoms with Gasteiger partial charge in [-0.2, -0.15) is 0 Å². The lowest BCUT2D eigenvalue weighted by molar-refractivity contribution is -0.123. The number of nitrogens with one attached hydrogen (secondary N) is 1. The van der Waals surface area contributed by atoms with Crippen LogP contribution in [-0.2, 0) is 4.79 Å². The monoisotopic (exact) mass is 557 g/mol. The molecular weight excluding hydrogens is 529 g/mol. The van der Waals surface area contributed by atoms with Crippen LogP contribution in [0.25, 0.3) is 11.1 Å². The molecule has 204 valence electrons. The van der Waals surface area contributed by atoms with E-state index in [1.165, 1.54) is 42.2 Å². The molecule has 2 heterocycles. The van der Waals surface area contributed by atoms with Crippen molar-refractivity contribution in [3.05, 3.63) is 114 Å². The minimum absolute atomic E-state index is 0.0953. The van der Waals surface area contributed by atoms with Gasteiger partial charge in [0.1, 0.15) is 16.8 Å². The molecule has 7 nitrogen and oxygen atoms in total. The molecule has 1 aliphatic rings. The fourth-order valence-electron chi connectivity index (χ4n) is 4.68. The summed E-state index contributed by atoms with van der Waals surface area (Å²) in [5.74, 6) is -0.271. The van der Waals surface area contributed by atoms with Gasteiger partial charge in [-0.05, 0) is 66.1 Å². The van der Waals surface area contributed by atoms with Crippen LogP contribution in [0.1, 0.15) is 40.6 Å². The smallest absolute Gasteiger partial charge is 0.252 e. The van der Waals surface area contributed by atoms with Gasteiger partial charge in [-0.3, -0.25) is 14.6 Å². The summed E-state index contributed by atoms with van der Waals surface area (Å²) in [6.07, 6.45) is 2.36. The Morgan fingerprint density at radius 3 is 2.40 bits per heavy atom. The number of aliphatic hydroxyl groups excluding tert-OH is 1. The van der Waals surface area contributed by atoms with Crippen LogP contribution in [0.15, 0.2) is 91.3 Å². The van der Waals surface area contributed by atoms with E-state index in [1.807, 2.05) is 31.2 Å². The molecule has 9 heteroatoms. The molecule has 3 atom stereocenters. The average Bonchev–Trinajstić information content (AvgIpc) is 2.97. The molecule has 0 saturated carbocycles. The third-order valence-electron chi connectivity index (χ3n) is 6.79. The molecule has 3 aromatic carbocycles. The molecule has 1 saturated heterocycles. The number of carbonyl (C=O) groups is 2. The molecule has 0 spiro atoms. The van der Waals surface area contributed by atoms with Gasteiger partial charge in [-0.1, -0.05) is 36.4 Å². The Balaban J connectivity index is 1.36. The van der Waals surface area contributed by atoms with Gasteiger partial charge in [-0.15, -0.1) is 11.8 Å². The van der Waals surface area contributed by atoms with Crippen molar-refractivity contribution in [3.63, 3.8) is 0 Å². The second-order valence-corrected chi connectivity index (χ2v) is 10.6. The van der Waals surface area contributed by atoms with Gasteiger partial charge >= 0.3 is 0 Å². The predicted molar refractivity (Wildman–Crippen MR) is 154 cm³/mol. The highest BCUT2D eigenvalue weighted by Gasteiger charge is 2.49. The van der Waals surface area contributed by atoms with Gasteiger partial charge < -0.3 is 20.4 Å². The number of β-lactam (4-membered cyclic amide) rings is 1. The van der Waals surface area contributed by atoms with Crippen molar-refractivity contribution in [2.75, 3.05) is 17.2 Å². The Hall–Kier alpha value is -4.21. The van der Waals surface area contributed by atoms with Crippen LogP contribution in [0.2, 0.25) is 0 Å². The van der Waals surface area contributed by atoms with Gasteiger partial charge in [0.2, 0.25) is 5.91 Å². The third-order valence-corrected chi connectivity index (χ3v) is 8.11. The van der Waals surface area contributed by atoms with Gasteiger partial charge in [0.25, 0.3) is 5.91 Å². The number of nitrogens with zero attached hydrogens (tertiary/aromatic N) is 2. The third kappa shape index (κ3) is 5.71. The van der Waals surface area contributed by atoms with E-state index in [9.17, 15) is 24.2 Å². The zero-order chi connectivity index (χ0) is 28.2. The SMILES string of the molecule is CCNC(=O)c1cncc(-c2ccc(N3C(=O)[C@H](SC[C@H](O)c4ccc(F)cc4)[C@H]3c3ccc(O)cc3)cc2)c1. The van der Waals surface area contributed by atoms with Gasteiger partial charge in [-0.25, -0.2) is 4.39 Å². The summed E-state index contributed by atoms with van der Waals surface area (Å²) in [6.45, 7) is 2.38. The Kier molecular flexibility index (Phi) is 8.14. The molecule has 1 fully saturated rings. The average molecular weight is 558 g/mol. The van der Waals surface area contributed by atoms with Crippen molar-refractivity contribution in [3.8, 4) is 16.9 Å². The normalized spacial score (nSPS) is 17.3. The first-order valence-corrected chi connectivity index (χ1v) is 13.9. The number of aromatic nitrogens is 1. The summed E-state index contributed by atoms with van der Waals surface area (Å²) >= 11 is 1.35. The van der Waals surface area contributed by atoms with Crippen molar-refractivity contribution < 1.29 is 24.2 Å². The van der Waals surface area contributed by atoms with Crippen LogP contribution in [0.5, 0.6) is 5.75 Å². The standard InChI is InChI=1S/C31H28FN3O4S/c1-2-34-30(38)23-15-22(16-33-17-23)19-5-11-25(12-6-19)35-28(21-7-13-26(36)14-8-21)29(31(35)39)40-18-27(37)20-3-9-24(32)10-4-20/h3-17,27-29,36-37H,2,18H2,1H3,(H,34,38)/t27-,28+,29+/m0/s1. The molecule has 0 aliphatic carbocycles. The number of thioether (sulfide) groups is 1. The molecular formula is C31H28FN3O4S. The lowest BCUT2D eigenvalue weighted by Crippen LogP contribution is -2.57. The summed E-state index contributed by atoms with van der Waals surface area (Å²) in [6, 6.07) is 21.4. The fourth-order valence-corrected chi connectivity index (χ4v) is 5.98. The number of aromatic hydroxyl groups is 1. The van der Waals surface area contributed by atoms with Crippen LogP contribution in [-0.4, -0.2) is 44.6 Å². The highest BCUT2D eigenvalue weighted by atomic mass is 32.2. The van der Waals surface area contributed by atoms with E-state index in [4.69, 9.17) is 0 Å². The van der Waals surface area contributed by atoms with Gasteiger partial charge in [0.15, 0.2) is 0 Å². The molecule has 4 aromatic rings. The van der Waals surface area contributed by atoms with Crippen molar-refractivity contribution >= 4 is 29.3 Å². The highest BCUT2D eigenvalue weighted by Crippen LogP contribution is 2.46. The summed E-state index contributed by atoms with van der Waals surface area (Å²) in [4.78, 5) is 31.5. The lowest BCUT2D eigenvalue weighted by Gasteiger charge is -2.47. The van der Waals surface area contributed by atoms with E-state index in [2.05, 4.69) is 10.3 Å². The molecule has 0 bridgehead atoms. The number of anilines is 1. The van der Waals surface area contributed by atoms with E-state index in [1.54, 1.807) is 41.4 Å². The molecule has 1 aromatic heterocycles. The first-order valence-electron chi connectivity index (χ1n) is 12.9. The number of hydrogen-bond acceptors (Lipinski definition) is 6. The quantitative estimate of drug-likeness (QED) is 0.243. The van der Waals surface area contributed by atoms with Crippen LogP contribution in [0, 0.1) is 5.82 Å². The van der Waals surface area contributed by atoms with Crippen LogP contribution in [0.3, 0.4) is 0 Å². The lowest BCUT2D eigenvalue weighted by atomic mass is 9.92. The first-order chi connectivity index (χ1) is 19.4. The number of pyridine rings is 1. The van der Waals surface area contributed by atoms with E-state index >= 15 is 0 Å². The van der Waals surface area contributed by atoms with Crippen LogP contribution < -0.4 is 10.2 Å². The second kappa shape index (κ2) is 11.9. The Morgan fingerprint density at radius 2 is 1.73 bits per heavy atom. The Morgan fingerprint density at radius 1 is 1.02 bits per heavy atom. The fraction of sp³-hybridized carbons (Fsp3) is 0.194. The Labute approximate surface area is 235 Å². The summed E-state index contributed by atoms with van der Waals surface area (Å²) < 4.78 is 13.3. The predicted octanol–water partition coefficient (Wildman–Crippen LogP) is 5.27. The number of phenolic OH excluding ortho intramolecular Hbond substituents is 1. The number of carbonyl (C=O) groups excluding carboxylic acids is 2. The summed E-state index contributed by atoms with van der Waals surface area (Å²) in [7, 11) is 0. The van der Waals surface area contributed by atoms with Crippen LogP contribution >= 0.6 is 11.8 Å². The summed E-state index contributed by atoms with van der Waals surface area (Å²) in [5, 5.41) is 22.8. The number of phenols is 1. The van der Waals surface area contributed by atoms with Crippen molar-refractivity contribution in [1.82, 2.24) is 10.3 Å². The number of amides is 2. The topological polar surface area (TPSA) is 103 Å². The van der Waals surface area contributed by atoms with Crippen molar-refractivity contribution in [2.24, 2.45) is 0 Å². The van der Waals surface area contributed by atoms with Crippen molar-refractivity contribution in [2.45, 2.75) is 24.3 Å². The number of benzene rings is 3. The van der Waals surface area contributed by atoms with E-state index in [0.29, 0.717) is 23.4 Å². The van der Waals surface area contributed by atoms with Crippen LogP contribution in [0.4, 0.5) is 10.1 Å². The van der Waals surface area contributed by atoms with E-state index in [0.717, 1.165) is 16.7 Å². The van der Waals surface area contributed by atoms with E-state index < -0.39 is 11.4 Å².